The fourth-order valence-corrected chi connectivity index (χ4v) is 2.61. The monoisotopic (exact) mass is 268 g/mol. The standard InChI is InChI=1S/C15H28N2O2/c1-5-7-8-9-10-15(3,6-2)17-11-13(18)16(4)14(19)12-17/h5-12H2,1-4H3. The molecule has 0 aliphatic carbocycles. The van der Waals surface area contributed by atoms with Gasteiger partial charge in [0.15, 0.2) is 0 Å². The van der Waals surface area contributed by atoms with E-state index in [4.69, 9.17) is 0 Å². The lowest BCUT2D eigenvalue weighted by atomic mass is 9.88. The van der Waals surface area contributed by atoms with E-state index in [-0.39, 0.29) is 17.4 Å². The molecule has 1 fully saturated rings. The van der Waals surface area contributed by atoms with Crippen LogP contribution in [0.25, 0.3) is 0 Å². The zero-order chi connectivity index (χ0) is 14.5. The van der Waals surface area contributed by atoms with Crippen molar-refractivity contribution in [2.45, 2.75) is 64.8 Å². The van der Waals surface area contributed by atoms with Gasteiger partial charge in [-0.05, 0) is 19.8 Å². The van der Waals surface area contributed by atoms with Gasteiger partial charge in [0.1, 0.15) is 0 Å². The van der Waals surface area contributed by atoms with Crippen LogP contribution in [0, 0.1) is 0 Å². The van der Waals surface area contributed by atoms with Crippen molar-refractivity contribution in [3.05, 3.63) is 0 Å². The van der Waals surface area contributed by atoms with Crippen molar-refractivity contribution in [1.29, 1.82) is 0 Å². The van der Waals surface area contributed by atoms with Crippen LogP contribution in [-0.4, -0.2) is 47.3 Å². The van der Waals surface area contributed by atoms with Crippen LogP contribution < -0.4 is 0 Å². The predicted octanol–water partition coefficient (Wildman–Crippen LogP) is 2.43. The molecule has 0 aromatic carbocycles. The molecule has 4 nitrogen and oxygen atoms in total. The Labute approximate surface area is 117 Å². The molecule has 0 radical (unpaired) electrons. The number of hydrogen-bond donors (Lipinski definition) is 0. The summed E-state index contributed by atoms with van der Waals surface area (Å²) < 4.78 is 0. The number of imide groups is 1. The van der Waals surface area contributed by atoms with Crippen molar-refractivity contribution < 1.29 is 9.59 Å². The zero-order valence-corrected chi connectivity index (χ0v) is 12.9. The maximum Gasteiger partial charge on any atom is 0.243 e. The summed E-state index contributed by atoms with van der Waals surface area (Å²) in [6, 6.07) is 0. The molecule has 1 atom stereocenters. The van der Waals surface area contributed by atoms with Crippen LogP contribution in [-0.2, 0) is 9.59 Å². The lowest BCUT2D eigenvalue weighted by molar-refractivity contribution is -0.152. The van der Waals surface area contributed by atoms with Crippen LogP contribution in [0.4, 0.5) is 0 Å². The first-order valence-corrected chi connectivity index (χ1v) is 7.49. The van der Waals surface area contributed by atoms with Gasteiger partial charge in [-0.3, -0.25) is 19.4 Å². The van der Waals surface area contributed by atoms with E-state index < -0.39 is 0 Å². The van der Waals surface area contributed by atoms with Crippen LogP contribution in [0.2, 0.25) is 0 Å². The second kappa shape index (κ2) is 7.04. The van der Waals surface area contributed by atoms with E-state index >= 15 is 0 Å². The number of unbranched alkanes of at least 4 members (excludes halogenated alkanes) is 3. The number of nitrogens with zero attached hydrogens (tertiary/aromatic N) is 2. The molecule has 110 valence electrons. The fraction of sp³-hybridized carbons (Fsp3) is 0.867. The van der Waals surface area contributed by atoms with E-state index in [0.29, 0.717) is 13.1 Å². The first-order chi connectivity index (χ1) is 8.94. The molecule has 0 spiro atoms. The van der Waals surface area contributed by atoms with Gasteiger partial charge in [0, 0.05) is 12.6 Å². The molecule has 1 saturated heterocycles. The van der Waals surface area contributed by atoms with Gasteiger partial charge in [0.2, 0.25) is 11.8 Å². The number of hydrogen-bond acceptors (Lipinski definition) is 3. The topological polar surface area (TPSA) is 40.6 Å². The summed E-state index contributed by atoms with van der Waals surface area (Å²) in [7, 11) is 1.58. The van der Waals surface area contributed by atoms with Crippen LogP contribution in [0.5, 0.6) is 0 Å². The third kappa shape index (κ3) is 4.03. The summed E-state index contributed by atoms with van der Waals surface area (Å²) in [4.78, 5) is 27.0. The molecule has 4 heteroatoms. The molecule has 0 bridgehead atoms. The van der Waals surface area contributed by atoms with Crippen molar-refractivity contribution in [3.63, 3.8) is 0 Å². The Morgan fingerprint density at radius 3 is 2.11 bits per heavy atom. The molecule has 0 aromatic rings. The molecule has 1 aliphatic rings. The normalized spacial score (nSPS) is 20.7. The van der Waals surface area contributed by atoms with Crippen LogP contribution in [0.3, 0.4) is 0 Å². The zero-order valence-electron chi connectivity index (χ0n) is 12.9. The highest BCUT2D eigenvalue weighted by Gasteiger charge is 2.37. The highest BCUT2D eigenvalue weighted by Crippen LogP contribution is 2.27. The average Bonchev–Trinajstić information content (AvgIpc) is 2.40. The van der Waals surface area contributed by atoms with Crippen LogP contribution in [0.15, 0.2) is 0 Å². The maximum absolute atomic E-state index is 11.8. The van der Waals surface area contributed by atoms with Crippen molar-refractivity contribution in [2.75, 3.05) is 20.1 Å². The lowest BCUT2D eigenvalue weighted by Gasteiger charge is -2.43. The molecule has 1 heterocycles. The number of amides is 2. The van der Waals surface area contributed by atoms with Gasteiger partial charge in [-0.15, -0.1) is 0 Å². The van der Waals surface area contributed by atoms with E-state index in [9.17, 15) is 9.59 Å². The number of carbonyl (C=O) groups is 2. The highest BCUT2D eigenvalue weighted by molar-refractivity contribution is 5.99. The van der Waals surface area contributed by atoms with Crippen molar-refractivity contribution in [3.8, 4) is 0 Å². The first-order valence-electron chi connectivity index (χ1n) is 7.49. The summed E-state index contributed by atoms with van der Waals surface area (Å²) in [5.74, 6) is -0.158. The van der Waals surface area contributed by atoms with Gasteiger partial charge >= 0.3 is 0 Å². The molecule has 0 aromatic heterocycles. The van der Waals surface area contributed by atoms with E-state index in [0.717, 1.165) is 12.8 Å². The SMILES string of the molecule is CCCCCCC(C)(CC)N1CC(=O)N(C)C(=O)C1. The third-order valence-corrected chi connectivity index (χ3v) is 4.49. The molecular formula is C15H28N2O2. The molecule has 1 aliphatic heterocycles. The summed E-state index contributed by atoms with van der Waals surface area (Å²) in [6.07, 6.45) is 6.94. The summed E-state index contributed by atoms with van der Waals surface area (Å²) in [5, 5.41) is 0. The van der Waals surface area contributed by atoms with Crippen molar-refractivity contribution in [1.82, 2.24) is 9.80 Å². The second-order valence-corrected chi connectivity index (χ2v) is 5.86. The highest BCUT2D eigenvalue weighted by atomic mass is 16.2. The summed E-state index contributed by atoms with van der Waals surface area (Å²) >= 11 is 0. The number of rotatable bonds is 7. The first kappa shape index (κ1) is 16.2. The molecular weight excluding hydrogens is 240 g/mol. The minimum Gasteiger partial charge on any atom is -0.284 e. The van der Waals surface area contributed by atoms with Crippen molar-refractivity contribution >= 4 is 11.8 Å². The van der Waals surface area contributed by atoms with E-state index in [2.05, 4.69) is 25.7 Å². The Hall–Kier alpha value is -0.900. The van der Waals surface area contributed by atoms with Gasteiger partial charge in [-0.2, -0.15) is 0 Å². The maximum atomic E-state index is 11.8. The lowest BCUT2D eigenvalue weighted by Crippen LogP contribution is -2.59. The molecule has 1 unspecified atom stereocenters. The summed E-state index contributed by atoms with van der Waals surface area (Å²) in [5.41, 5.74) is -0.0275. The second-order valence-electron chi connectivity index (χ2n) is 5.86. The van der Waals surface area contributed by atoms with E-state index in [1.807, 2.05) is 0 Å². The Bertz CT molecular complexity index is 312. The Morgan fingerprint density at radius 1 is 1.05 bits per heavy atom. The Morgan fingerprint density at radius 2 is 1.63 bits per heavy atom. The van der Waals surface area contributed by atoms with Gasteiger partial charge in [-0.1, -0.05) is 39.5 Å². The Kier molecular flexibility index (Phi) is 5.98. The number of likely N-dealkylation sites (N-methyl/N-ethyl adjacent to an activating group) is 1. The molecule has 0 N–H and O–H groups in total. The van der Waals surface area contributed by atoms with Gasteiger partial charge in [0.25, 0.3) is 0 Å². The molecule has 0 saturated carbocycles. The van der Waals surface area contributed by atoms with Gasteiger partial charge in [-0.25, -0.2) is 0 Å². The van der Waals surface area contributed by atoms with Gasteiger partial charge < -0.3 is 0 Å². The quantitative estimate of drug-likeness (QED) is 0.526. The number of piperazine rings is 1. The number of carbonyl (C=O) groups excluding carboxylic acids is 2. The fourth-order valence-electron chi connectivity index (χ4n) is 2.61. The molecule has 19 heavy (non-hydrogen) atoms. The van der Waals surface area contributed by atoms with E-state index in [1.54, 1.807) is 7.05 Å². The molecule has 2 amide bonds. The van der Waals surface area contributed by atoms with Crippen LogP contribution in [0.1, 0.15) is 59.3 Å². The molecule has 1 rings (SSSR count). The minimum absolute atomic E-state index is 0.0275. The minimum atomic E-state index is -0.0792. The summed E-state index contributed by atoms with van der Waals surface area (Å²) in [6.45, 7) is 7.29. The van der Waals surface area contributed by atoms with Gasteiger partial charge in [0.05, 0.1) is 13.1 Å². The third-order valence-electron chi connectivity index (χ3n) is 4.49. The van der Waals surface area contributed by atoms with E-state index in [1.165, 1.54) is 30.6 Å². The predicted molar refractivity (Wildman–Crippen MR) is 76.8 cm³/mol. The smallest absolute Gasteiger partial charge is 0.243 e. The van der Waals surface area contributed by atoms with Crippen molar-refractivity contribution in [2.24, 2.45) is 0 Å². The largest absolute Gasteiger partial charge is 0.284 e. The Balaban J connectivity index is 2.62. The average molecular weight is 268 g/mol. The van der Waals surface area contributed by atoms with Crippen LogP contribution >= 0.6 is 0 Å².